The summed E-state index contributed by atoms with van der Waals surface area (Å²) in [5.41, 5.74) is 0.996. The second-order valence-corrected chi connectivity index (χ2v) is 6.71. The van der Waals surface area contributed by atoms with Crippen LogP contribution in [0.15, 0.2) is 53.5 Å². The van der Waals surface area contributed by atoms with Crippen LogP contribution < -0.4 is 14.3 Å². The number of rotatable bonds is 8. The SMILES string of the molecule is CCOc1ccc2c(c1)sc(=NC(=O)COc1ccccc1)n2CCOC. The first-order chi connectivity index (χ1) is 13.2. The molecule has 0 bridgehead atoms. The molecule has 3 aromatic rings. The van der Waals surface area contributed by atoms with Gasteiger partial charge in [0.15, 0.2) is 11.4 Å². The van der Waals surface area contributed by atoms with Crippen LogP contribution in [-0.4, -0.2) is 37.4 Å². The van der Waals surface area contributed by atoms with E-state index in [9.17, 15) is 4.79 Å². The molecule has 1 amide bonds. The lowest BCUT2D eigenvalue weighted by Gasteiger charge is -2.06. The molecule has 0 fully saturated rings. The largest absolute Gasteiger partial charge is 0.494 e. The second-order valence-electron chi connectivity index (χ2n) is 5.70. The average molecular weight is 386 g/mol. The third-order valence-corrected chi connectivity index (χ3v) is 4.85. The predicted molar refractivity (Wildman–Crippen MR) is 105 cm³/mol. The van der Waals surface area contributed by atoms with Gasteiger partial charge in [0.05, 0.1) is 23.4 Å². The molecule has 1 aromatic heterocycles. The van der Waals surface area contributed by atoms with Crippen molar-refractivity contribution in [2.75, 3.05) is 26.9 Å². The van der Waals surface area contributed by atoms with Crippen molar-refractivity contribution in [3.05, 3.63) is 53.3 Å². The number of hydrogen-bond acceptors (Lipinski definition) is 5. The van der Waals surface area contributed by atoms with Crippen LogP contribution in [0.4, 0.5) is 0 Å². The minimum Gasteiger partial charge on any atom is -0.494 e. The Bertz CT molecular complexity index is 963. The lowest BCUT2D eigenvalue weighted by atomic mass is 10.3. The summed E-state index contributed by atoms with van der Waals surface area (Å²) in [7, 11) is 1.65. The number of amides is 1. The molecule has 0 aliphatic heterocycles. The number of carbonyl (C=O) groups excluding carboxylic acids is 1. The van der Waals surface area contributed by atoms with E-state index in [2.05, 4.69) is 4.99 Å². The van der Waals surface area contributed by atoms with Crippen LogP contribution in [0.1, 0.15) is 6.92 Å². The molecule has 0 spiro atoms. The monoisotopic (exact) mass is 386 g/mol. The van der Waals surface area contributed by atoms with Crippen molar-refractivity contribution in [3.8, 4) is 11.5 Å². The van der Waals surface area contributed by atoms with Gasteiger partial charge in [-0.15, -0.1) is 0 Å². The summed E-state index contributed by atoms with van der Waals surface area (Å²) in [6.07, 6.45) is 0. The van der Waals surface area contributed by atoms with Gasteiger partial charge in [-0.05, 0) is 37.3 Å². The minimum absolute atomic E-state index is 0.104. The lowest BCUT2D eigenvalue weighted by Crippen LogP contribution is -2.21. The molecular formula is C20H22N2O4S. The van der Waals surface area contributed by atoms with Gasteiger partial charge in [0.2, 0.25) is 0 Å². The summed E-state index contributed by atoms with van der Waals surface area (Å²) < 4.78 is 19.3. The normalized spacial score (nSPS) is 11.7. The van der Waals surface area contributed by atoms with Crippen molar-refractivity contribution < 1.29 is 19.0 Å². The minimum atomic E-state index is -0.332. The molecule has 0 atom stereocenters. The molecule has 0 unspecified atom stereocenters. The van der Waals surface area contributed by atoms with Crippen LogP contribution in [0, 0.1) is 0 Å². The summed E-state index contributed by atoms with van der Waals surface area (Å²) in [4.78, 5) is 17.2. The first kappa shape index (κ1) is 19.1. The number of aromatic nitrogens is 1. The highest BCUT2D eigenvalue weighted by Gasteiger charge is 2.10. The number of nitrogens with zero attached hydrogens (tertiary/aromatic N) is 2. The molecule has 0 radical (unpaired) electrons. The molecule has 3 rings (SSSR count). The first-order valence-electron chi connectivity index (χ1n) is 8.71. The fourth-order valence-electron chi connectivity index (χ4n) is 2.59. The molecule has 0 aliphatic rings. The predicted octanol–water partition coefficient (Wildman–Crippen LogP) is 3.25. The van der Waals surface area contributed by atoms with Gasteiger partial charge in [-0.2, -0.15) is 4.99 Å². The van der Waals surface area contributed by atoms with Crippen molar-refractivity contribution in [3.63, 3.8) is 0 Å². The Hall–Kier alpha value is -2.64. The Balaban J connectivity index is 1.88. The molecule has 6 nitrogen and oxygen atoms in total. The highest BCUT2D eigenvalue weighted by Crippen LogP contribution is 2.23. The van der Waals surface area contributed by atoms with Crippen molar-refractivity contribution in [2.24, 2.45) is 4.99 Å². The molecule has 27 heavy (non-hydrogen) atoms. The van der Waals surface area contributed by atoms with Crippen molar-refractivity contribution in [1.82, 2.24) is 4.57 Å². The van der Waals surface area contributed by atoms with E-state index in [1.54, 1.807) is 19.2 Å². The van der Waals surface area contributed by atoms with Gasteiger partial charge < -0.3 is 18.8 Å². The Labute approximate surface area is 161 Å². The Kier molecular flexibility index (Phi) is 6.62. The van der Waals surface area contributed by atoms with Crippen LogP contribution in [-0.2, 0) is 16.1 Å². The standard InChI is InChI=1S/C20H22N2O4S/c1-3-25-16-9-10-17-18(13-16)27-20(22(17)11-12-24-2)21-19(23)14-26-15-7-5-4-6-8-15/h4-10,13H,3,11-12,14H2,1-2H3. The maximum atomic E-state index is 12.3. The number of hydrogen-bond donors (Lipinski definition) is 0. The molecular weight excluding hydrogens is 364 g/mol. The highest BCUT2D eigenvalue weighted by molar-refractivity contribution is 7.16. The second kappa shape index (κ2) is 9.34. The Morgan fingerprint density at radius 1 is 1.11 bits per heavy atom. The maximum absolute atomic E-state index is 12.3. The first-order valence-corrected chi connectivity index (χ1v) is 9.53. The van der Waals surface area contributed by atoms with Gasteiger partial charge in [0, 0.05) is 13.7 Å². The molecule has 0 saturated carbocycles. The Morgan fingerprint density at radius 3 is 2.67 bits per heavy atom. The molecule has 1 heterocycles. The molecule has 0 saturated heterocycles. The Morgan fingerprint density at radius 2 is 1.93 bits per heavy atom. The summed E-state index contributed by atoms with van der Waals surface area (Å²) >= 11 is 1.45. The zero-order valence-corrected chi connectivity index (χ0v) is 16.2. The number of fused-ring (bicyclic) bond motifs is 1. The van der Waals surface area contributed by atoms with Crippen molar-refractivity contribution in [2.45, 2.75) is 13.5 Å². The topological polar surface area (TPSA) is 62.0 Å². The van der Waals surface area contributed by atoms with Crippen molar-refractivity contribution in [1.29, 1.82) is 0 Å². The molecule has 7 heteroatoms. The van der Waals surface area contributed by atoms with Gasteiger partial charge in [-0.3, -0.25) is 4.79 Å². The van der Waals surface area contributed by atoms with E-state index >= 15 is 0 Å². The number of benzene rings is 2. The van der Waals surface area contributed by atoms with Crippen molar-refractivity contribution >= 4 is 27.5 Å². The number of thiazole rings is 1. The fourth-order valence-corrected chi connectivity index (χ4v) is 3.70. The van der Waals surface area contributed by atoms with E-state index in [0.29, 0.717) is 30.3 Å². The molecule has 2 aromatic carbocycles. The van der Waals surface area contributed by atoms with Gasteiger partial charge in [0.25, 0.3) is 5.91 Å². The van der Waals surface area contributed by atoms with E-state index in [0.717, 1.165) is 16.0 Å². The fraction of sp³-hybridized carbons (Fsp3) is 0.300. The van der Waals surface area contributed by atoms with E-state index < -0.39 is 0 Å². The van der Waals surface area contributed by atoms with E-state index in [4.69, 9.17) is 14.2 Å². The quantitative estimate of drug-likeness (QED) is 0.596. The van der Waals surface area contributed by atoms with Gasteiger partial charge in [-0.1, -0.05) is 29.5 Å². The number of carbonyl (C=O) groups is 1. The molecule has 0 aliphatic carbocycles. The number of para-hydroxylation sites is 1. The third kappa shape index (κ3) is 4.96. The smallest absolute Gasteiger partial charge is 0.286 e. The van der Waals surface area contributed by atoms with E-state index in [-0.39, 0.29) is 12.5 Å². The zero-order chi connectivity index (χ0) is 19.1. The van der Waals surface area contributed by atoms with Crippen LogP contribution in [0.3, 0.4) is 0 Å². The number of methoxy groups -OCH3 is 1. The molecule has 142 valence electrons. The zero-order valence-electron chi connectivity index (χ0n) is 15.4. The van der Waals surface area contributed by atoms with Crippen LogP contribution in [0.25, 0.3) is 10.2 Å². The summed E-state index contributed by atoms with van der Waals surface area (Å²) in [5, 5.41) is 0. The highest BCUT2D eigenvalue weighted by atomic mass is 32.1. The average Bonchev–Trinajstić information content (AvgIpc) is 3.02. The number of ether oxygens (including phenoxy) is 3. The van der Waals surface area contributed by atoms with Gasteiger partial charge in [0.1, 0.15) is 11.5 Å². The van der Waals surface area contributed by atoms with Crippen LogP contribution >= 0.6 is 11.3 Å². The lowest BCUT2D eigenvalue weighted by molar-refractivity contribution is -0.120. The van der Waals surface area contributed by atoms with Gasteiger partial charge in [-0.25, -0.2) is 0 Å². The summed E-state index contributed by atoms with van der Waals surface area (Å²) in [5.74, 6) is 1.11. The van der Waals surface area contributed by atoms with Gasteiger partial charge >= 0.3 is 0 Å². The molecule has 0 N–H and O–H groups in total. The maximum Gasteiger partial charge on any atom is 0.286 e. The van der Waals surface area contributed by atoms with E-state index in [1.807, 2.05) is 47.9 Å². The van der Waals surface area contributed by atoms with Crippen LogP contribution in [0.2, 0.25) is 0 Å². The van der Waals surface area contributed by atoms with E-state index in [1.165, 1.54) is 11.3 Å². The third-order valence-electron chi connectivity index (χ3n) is 3.81. The van der Waals surface area contributed by atoms with Crippen LogP contribution in [0.5, 0.6) is 11.5 Å². The summed E-state index contributed by atoms with van der Waals surface area (Å²) in [6, 6.07) is 15.1. The summed E-state index contributed by atoms with van der Waals surface area (Å²) in [6.45, 7) is 3.58.